The molecule has 0 spiro atoms. The van der Waals surface area contributed by atoms with Crippen LogP contribution in [-0.2, 0) is 6.54 Å². The monoisotopic (exact) mass is 409 g/mol. The van der Waals surface area contributed by atoms with Gasteiger partial charge in [0, 0.05) is 12.7 Å². The first kappa shape index (κ1) is 18.0. The van der Waals surface area contributed by atoms with E-state index in [0.717, 1.165) is 36.1 Å². The second-order valence-corrected chi connectivity index (χ2v) is 7.71. The second kappa shape index (κ2) is 7.40. The Balaban J connectivity index is 1.38. The summed E-state index contributed by atoms with van der Waals surface area (Å²) in [5.74, 6) is 1.71. The molecule has 3 aromatic heterocycles. The van der Waals surface area contributed by atoms with E-state index in [0.29, 0.717) is 29.6 Å². The smallest absolute Gasteiger partial charge is 0.290 e. The van der Waals surface area contributed by atoms with E-state index >= 15 is 0 Å². The molecule has 1 aromatic carbocycles. The number of rotatable bonds is 4. The quantitative estimate of drug-likeness (QED) is 0.541. The maximum absolute atomic E-state index is 13.2. The zero-order valence-electron chi connectivity index (χ0n) is 15.7. The van der Waals surface area contributed by atoms with E-state index < -0.39 is 0 Å². The number of amides is 1. The Labute approximate surface area is 172 Å². The molecule has 0 saturated carbocycles. The predicted molar refractivity (Wildman–Crippen MR) is 109 cm³/mol. The van der Waals surface area contributed by atoms with Gasteiger partial charge in [0.2, 0.25) is 0 Å². The molecule has 8 heteroatoms. The molecule has 1 fully saturated rings. The van der Waals surface area contributed by atoms with E-state index in [2.05, 4.69) is 10.1 Å². The summed E-state index contributed by atoms with van der Waals surface area (Å²) in [6, 6.07) is 11.4. The Morgan fingerprint density at radius 2 is 2.14 bits per heavy atom. The van der Waals surface area contributed by atoms with Gasteiger partial charge in [-0.2, -0.15) is 5.10 Å². The molecule has 1 aliphatic heterocycles. The van der Waals surface area contributed by atoms with Crippen LogP contribution in [0.4, 0.5) is 0 Å². The van der Waals surface area contributed by atoms with Crippen LogP contribution in [0.15, 0.2) is 53.2 Å². The lowest BCUT2D eigenvalue weighted by Crippen LogP contribution is -2.38. The summed E-state index contributed by atoms with van der Waals surface area (Å²) < 4.78 is 7.50. The van der Waals surface area contributed by atoms with Crippen LogP contribution >= 0.6 is 11.6 Å². The maximum Gasteiger partial charge on any atom is 0.290 e. The number of aromatic amines is 1. The standard InChI is InChI=1S/C21H20ClN5O2/c22-14-11-23-26(12-14)13-15-8-9-19(29-15)21(28)27-10-4-3-7-18(27)20-24-16-5-1-2-6-17(16)25-20/h1-2,5-6,8-9,11-12,18H,3-4,7,10,13H2,(H,24,25). The van der Waals surface area contributed by atoms with E-state index in [9.17, 15) is 4.79 Å². The number of carbonyl (C=O) groups is 1. The number of piperidine rings is 1. The molecule has 0 aliphatic carbocycles. The van der Waals surface area contributed by atoms with Crippen LogP contribution in [0.1, 0.15) is 47.4 Å². The number of likely N-dealkylation sites (tertiary alicyclic amines) is 1. The first-order chi connectivity index (χ1) is 14.2. The van der Waals surface area contributed by atoms with Crippen molar-refractivity contribution in [2.24, 2.45) is 0 Å². The van der Waals surface area contributed by atoms with Gasteiger partial charge in [0.1, 0.15) is 11.6 Å². The molecule has 7 nitrogen and oxygen atoms in total. The van der Waals surface area contributed by atoms with Crippen molar-refractivity contribution in [3.63, 3.8) is 0 Å². The van der Waals surface area contributed by atoms with Crippen molar-refractivity contribution in [1.29, 1.82) is 0 Å². The molecule has 1 aliphatic rings. The lowest BCUT2D eigenvalue weighted by Gasteiger charge is -2.33. The van der Waals surface area contributed by atoms with E-state index in [1.807, 2.05) is 35.2 Å². The van der Waals surface area contributed by atoms with Crippen molar-refractivity contribution in [3.05, 3.63) is 71.2 Å². The Bertz CT molecular complexity index is 1130. The van der Waals surface area contributed by atoms with Gasteiger partial charge in [-0.25, -0.2) is 4.98 Å². The molecule has 1 amide bonds. The van der Waals surface area contributed by atoms with Crippen LogP contribution in [0.25, 0.3) is 11.0 Å². The van der Waals surface area contributed by atoms with E-state index in [1.165, 1.54) is 0 Å². The minimum Gasteiger partial charge on any atom is -0.454 e. The van der Waals surface area contributed by atoms with E-state index in [4.69, 9.17) is 21.0 Å². The van der Waals surface area contributed by atoms with E-state index in [-0.39, 0.29) is 11.9 Å². The summed E-state index contributed by atoms with van der Waals surface area (Å²) in [7, 11) is 0. The highest BCUT2D eigenvalue weighted by Gasteiger charge is 2.32. The number of furan rings is 1. The molecule has 148 valence electrons. The number of H-pyrrole nitrogens is 1. The third-order valence-electron chi connectivity index (χ3n) is 5.28. The van der Waals surface area contributed by atoms with Gasteiger partial charge in [0.15, 0.2) is 5.76 Å². The molecule has 0 bridgehead atoms. The second-order valence-electron chi connectivity index (χ2n) is 7.27. The number of benzene rings is 1. The Hall–Kier alpha value is -3.06. The predicted octanol–water partition coefficient (Wildman–Crippen LogP) is 4.42. The van der Waals surface area contributed by atoms with Crippen molar-refractivity contribution in [2.75, 3.05) is 6.54 Å². The van der Waals surface area contributed by atoms with Gasteiger partial charge in [-0.3, -0.25) is 9.48 Å². The first-order valence-electron chi connectivity index (χ1n) is 9.70. The number of hydrogen-bond donors (Lipinski definition) is 1. The highest BCUT2D eigenvalue weighted by Crippen LogP contribution is 2.32. The highest BCUT2D eigenvalue weighted by molar-refractivity contribution is 6.30. The van der Waals surface area contributed by atoms with Crippen LogP contribution in [0, 0.1) is 0 Å². The van der Waals surface area contributed by atoms with Crippen molar-refractivity contribution < 1.29 is 9.21 Å². The Morgan fingerprint density at radius 3 is 2.97 bits per heavy atom. The minimum absolute atomic E-state index is 0.0814. The summed E-state index contributed by atoms with van der Waals surface area (Å²) in [5, 5.41) is 4.71. The van der Waals surface area contributed by atoms with Crippen molar-refractivity contribution in [2.45, 2.75) is 31.8 Å². The fraction of sp³-hybridized carbons (Fsp3) is 0.286. The summed E-state index contributed by atoms with van der Waals surface area (Å²) in [6.45, 7) is 1.11. The molecule has 1 saturated heterocycles. The molecule has 1 N–H and O–H groups in total. The van der Waals surface area contributed by atoms with Gasteiger partial charge in [-0.1, -0.05) is 23.7 Å². The van der Waals surface area contributed by atoms with Gasteiger partial charge in [0.05, 0.1) is 34.8 Å². The van der Waals surface area contributed by atoms with Crippen LogP contribution in [0.5, 0.6) is 0 Å². The average Bonchev–Trinajstić information content (AvgIpc) is 3.47. The molecule has 29 heavy (non-hydrogen) atoms. The van der Waals surface area contributed by atoms with Gasteiger partial charge in [-0.05, 0) is 43.5 Å². The minimum atomic E-state index is -0.111. The Kier molecular flexibility index (Phi) is 4.60. The van der Waals surface area contributed by atoms with Crippen molar-refractivity contribution >= 4 is 28.5 Å². The van der Waals surface area contributed by atoms with Crippen molar-refractivity contribution in [1.82, 2.24) is 24.6 Å². The molecular weight excluding hydrogens is 390 g/mol. The van der Waals surface area contributed by atoms with E-state index in [1.54, 1.807) is 23.1 Å². The van der Waals surface area contributed by atoms with Crippen LogP contribution < -0.4 is 0 Å². The number of para-hydroxylation sites is 2. The summed E-state index contributed by atoms with van der Waals surface area (Å²) in [6.07, 6.45) is 6.21. The topological polar surface area (TPSA) is 79.9 Å². The number of nitrogens with zero attached hydrogens (tertiary/aromatic N) is 4. The number of hydrogen-bond acceptors (Lipinski definition) is 4. The Morgan fingerprint density at radius 1 is 1.24 bits per heavy atom. The summed E-state index contributed by atoms with van der Waals surface area (Å²) in [5.41, 5.74) is 1.90. The third-order valence-corrected chi connectivity index (χ3v) is 5.47. The zero-order chi connectivity index (χ0) is 19.8. The number of imidazole rings is 1. The molecule has 4 heterocycles. The van der Waals surface area contributed by atoms with Gasteiger partial charge in [-0.15, -0.1) is 0 Å². The number of carbonyl (C=O) groups excluding carboxylic acids is 1. The molecule has 4 aromatic rings. The number of halogens is 1. The van der Waals surface area contributed by atoms with Gasteiger partial charge >= 0.3 is 0 Å². The zero-order valence-corrected chi connectivity index (χ0v) is 16.5. The van der Waals surface area contributed by atoms with Crippen LogP contribution in [-0.4, -0.2) is 37.1 Å². The fourth-order valence-corrected chi connectivity index (χ4v) is 4.05. The first-order valence-corrected chi connectivity index (χ1v) is 10.1. The molecule has 1 atom stereocenters. The molecule has 0 radical (unpaired) electrons. The SMILES string of the molecule is O=C(c1ccc(Cn2cc(Cl)cn2)o1)N1CCCCC1c1nc2ccccc2[nH]1. The third kappa shape index (κ3) is 3.53. The maximum atomic E-state index is 13.2. The number of nitrogens with one attached hydrogen (secondary N) is 1. The molecular formula is C21H20ClN5O2. The van der Waals surface area contributed by atoms with Gasteiger partial charge in [0.25, 0.3) is 5.91 Å². The number of fused-ring (bicyclic) bond motifs is 1. The molecule has 1 unspecified atom stereocenters. The van der Waals surface area contributed by atoms with Crippen LogP contribution in [0.3, 0.4) is 0 Å². The number of aromatic nitrogens is 4. The van der Waals surface area contributed by atoms with Crippen LogP contribution in [0.2, 0.25) is 5.02 Å². The van der Waals surface area contributed by atoms with Crippen molar-refractivity contribution in [3.8, 4) is 0 Å². The molecule has 5 rings (SSSR count). The average molecular weight is 410 g/mol. The normalized spacial score (nSPS) is 17.1. The lowest BCUT2D eigenvalue weighted by atomic mass is 10.0. The fourth-order valence-electron chi connectivity index (χ4n) is 3.89. The summed E-state index contributed by atoms with van der Waals surface area (Å²) >= 11 is 5.90. The summed E-state index contributed by atoms with van der Waals surface area (Å²) in [4.78, 5) is 23.2. The van der Waals surface area contributed by atoms with Gasteiger partial charge < -0.3 is 14.3 Å². The largest absolute Gasteiger partial charge is 0.454 e. The lowest BCUT2D eigenvalue weighted by molar-refractivity contribution is 0.0566. The highest BCUT2D eigenvalue weighted by atomic mass is 35.5.